The van der Waals surface area contributed by atoms with Crippen molar-refractivity contribution < 1.29 is 9.52 Å². The molecule has 0 saturated carbocycles. The fraction of sp³-hybridized carbons (Fsp3) is 0.500. The van der Waals surface area contributed by atoms with Crippen molar-refractivity contribution in [1.29, 1.82) is 0 Å². The molecule has 1 aromatic rings. The van der Waals surface area contributed by atoms with Crippen molar-refractivity contribution in [2.45, 2.75) is 19.3 Å². The third-order valence-corrected chi connectivity index (χ3v) is 1.41. The molecule has 1 heterocycles. The number of unbranched alkanes of at least 4 members (excludes halogenated alkanes) is 1. The van der Waals surface area contributed by atoms with E-state index in [0.29, 0.717) is 0 Å². The van der Waals surface area contributed by atoms with Crippen molar-refractivity contribution in [3.8, 4) is 0 Å². The lowest BCUT2D eigenvalue weighted by Gasteiger charge is -1.92. The average molecular weight is 140 g/mol. The molecule has 1 aromatic heterocycles. The SMILES string of the molecule is OCCCCc1ccco1. The topological polar surface area (TPSA) is 33.4 Å². The lowest BCUT2D eigenvalue weighted by Crippen LogP contribution is -1.85. The maximum absolute atomic E-state index is 8.46. The number of aryl methyl sites for hydroxylation is 1. The summed E-state index contributed by atoms with van der Waals surface area (Å²) < 4.78 is 5.10. The van der Waals surface area contributed by atoms with Gasteiger partial charge in [-0.05, 0) is 25.0 Å². The van der Waals surface area contributed by atoms with Crippen molar-refractivity contribution in [3.63, 3.8) is 0 Å². The first-order valence-corrected chi connectivity index (χ1v) is 3.56. The van der Waals surface area contributed by atoms with Crippen LogP contribution in [0.2, 0.25) is 0 Å². The molecule has 0 fully saturated rings. The normalized spacial score (nSPS) is 10.1. The third-order valence-electron chi connectivity index (χ3n) is 1.41. The lowest BCUT2D eigenvalue weighted by atomic mass is 10.2. The van der Waals surface area contributed by atoms with Crippen LogP contribution in [0.25, 0.3) is 0 Å². The summed E-state index contributed by atoms with van der Waals surface area (Å²) >= 11 is 0. The number of hydrogen-bond donors (Lipinski definition) is 1. The second kappa shape index (κ2) is 4.12. The highest BCUT2D eigenvalue weighted by molar-refractivity contribution is 4.97. The lowest BCUT2D eigenvalue weighted by molar-refractivity contribution is 0.283. The number of furan rings is 1. The summed E-state index contributed by atoms with van der Waals surface area (Å²) in [4.78, 5) is 0. The van der Waals surface area contributed by atoms with Gasteiger partial charge in [0.2, 0.25) is 0 Å². The minimum Gasteiger partial charge on any atom is -0.469 e. The van der Waals surface area contributed by atoms with Gasteiger partial charge < -0.3 is 9.52 Å². The first-order valence-electron chi connectivity index (χ1n) is 3.56. The van der Waals surface area contributed by atoms with E-state index in [1.807, 2.05) is 12.1 Å². The second-order valence-electron chi connectivity index (χ2n) is 2.26. The summed E-state index contributed by atoms with van der Waals surface area (Å²) in [6.07, 6.45) is 4.48. The molecule has 0 atom stereocenters. The molecule has 0 amide bonds. The largest absolute Gasteiger partial charge is 0.469 e. The predicted octanol–water partition coefficient (Wildman–Crippen LogP) is 1.59. The van der Waals surface area contributed by atoms with Crippen LogP contribution in [-0.4, -0.2) is 11.7 Å². The van der Waals surface area contributed by atoms with Crippen LogP contribution in [0.15, 0.2) is 22.8 Å². The van der Waals surface area contributed by atoms with E-state index >= 15 is 0 Å². The minimum atomic E-state index is 0.278. The van der Waals surface area contributed by atoms with Crippen LogP contribution >= 0.6 is 0 Å². The molecule has 0 spiro atoms. The van der Waals surface area contributed by atoms with E-state index < -0.39 is 0 Å². The first-order chi connectivity index (χ1) is 4.93. The quantitative estimate of drug-likeness (QED) is 0.644. The Kier molecular flexibility index (Phi) is 3.03. The summed E-state index contributed by atoms with van der Waals surface area (Å²) in [7, 11) is 0. The van der Waals surface area contributed by atoms with Crippen LogP contribution in [0.3, 0.4) is 0 Å². The molecule has 2 nitrogen and oxygen atoms in total. The van der Waals surface area contributed by atoms with Crippen molar-refractivity contribution in [2.75, 3.05) is 6.61 Å². The number of aliphatic hydroxyl groups excluding tert-OH is 1. The molecule has 1 N–H and O–H groups in total. The van der Waals surface area contributed by atoms with Crippen LogP contribution in [0.1, 0.15) is 18.6 Å². The predicted molar refractivity (Wildman–Crippen MR) is 38.7 cm³/mol. The Labute approximate surface area is 60.5 Å². The maximum atomic E-state index is 8.46. The number of hydrogen-bond acceptors (Lipinski definition) is 2. The highest BCUT2D eigenvalue weighted by Crippen LogP contribution is 2.04. The smallest absolute Gasteiger partial charge is 0.103 e. The molecule has 0 unspecified atom stereocenters. The Bertz CT molecular complexity index is 156. The van der Waals surface area contributed by atoms with Crippen LogP contribution in [0, 0.1) is 0 Å². The molecule has 0 saturated heterocycles. The molecular formula is C8H12O2. The van der Waals surface area contributed by atoms with Crippen LogP contribution in [0.5, 0.6) is 0 Å². The second-order valence-corrected chi connectivity index (χ2v) is 2.26. The number of aliphatic hydroxyl groups is 1. The van der Waals surface area contributed by atoms with E-state index in [1.165, 1.54) is 0 Å². The molecule has 10 heavy (non-hydrogen) atoms. The van der Waals surface area contributed by atoms with Gasteiger partial charge in [0, 0.05) is 13.0 Å². The van der Waals surface area contributed by atoms with Gasteiger partial charge >= 0.3 is 0 Å². The Morgan fingerprint density at radius 1 is 1.40 bits per heavy atom. The molecule has 0 aromatic carbocycles. The standard InChI is InChI=1S/C8H12O2/c9-6-2-1-4-8-5-3-7-10-8/h3,5,7,9H,1-2,4,6H2. The Hall–Kier alpha value is -0.760. The molecule has 0 radical (unpaired) electrons. The van der Waals surface area contributed by atoms with Gasteiger partial charge in [-0.3, -0.25) is 0 Å². The zero-order valence-electron chi connectivity index (χ0n) is 5.92. The van der Waals surface area contributed by atoms with Gasteiger partial charge in [-0.25, -0.2) is 0 Å². The highest BCUT2D eigenvalue weighted by Gasteiger charge is 1.93. The fourth-order valence-electron chi connectivity index (χ4n) is 0.866. The molecule has 56 valence electrons. The number of rotatable bonds is 4. The summed E-state index contributed by atoms with van der Waals surface area (Å²) in [6.45, 7) is 0.278. The van der Waals surface area contributed by atoms with E-state index in [2.05, 4.69) is 0 Å². The van der Waals surface area contributed by atoms with Crippen molar-refractivity contribution in [3.05, 3.63) is 24.2 Å². The van der Waals surface area contributed by atoms with Crippen LogP contribution in [0.4, 0.5) is 0 Å². The van der Waals surface area contributed by atoms with E-state index in [9.17, 15) is 0 Å². The first kappa shape index (κ1) is 7.35. The Morgan fingerprint density at radius 2 is 2.30 bits per heavy atom. The Balaban J connectivity index is 2.15. The van der Waals surface area contributed by atoms with Crippen molar-refractivity contribution in [2.24, 2.45) is 0 Å². The summed E-state index contributed by atoms with van der Waals surface area (Å²) in [6, 6.07) is 3.84. The molecule has 0 aliphatic rings. The van der Waals surface area contributed by atoms with Crippen LogP contribution in [-0.2, 0) is 6.42 Å². The van der Waals surface area contributed by atoms with E-state index in [-0.39, 0.29) is 6.61 Å². The van der Waals surface area contributed by atoms with Crippen LogP contribution < -0.4 is 0 Å². The van der Waals surface area contributed by atoms with Gasteiger partial charge in [0.05, 0.1) is 6.26 Å². The van der Waals surface area contributed by atoms with E-state index in [1.54, 1.807) is 6.26 Å². The van der Waals surface area contributed by atoms with Gasteiger partial charge in [0.1, 0.15) is 5.76 Å². The fourth-order valence-corrected chi connectivity index (χ4v) is 0.866. The molecule has 0 bridgehead atoms. The summed E-state index contributed by atoms with van der Waals surface area (Å²) in [5.74, 6) is 1.01. The van der Waals surface area contributed by atoms with Crippen molar-refractivity contribution >= 4 is 0 Å². The van der Waals surface area contributed by atoms with Gasteiger partial charge in [-0.15, -0.1) is 0 Å². The summed E-state index contributed by atoms with van der Waals surface area (Å²) in [5, 5.41) is 8.46. The zero-order chi connectivity index (χ0) is 7.23. The zero-order valence-corrected chi connectivity index (χ0v) is 5.92. The molecule has 0 aliphatic carbocycles. The van der Waals surface area contributed by atoms with E-state index in [0.717, 1.165) is 25.0 Å². The van der Waals surface area contributed by atoms with Gasteiger partial charge in [-0.2, -0.15) is 0 Å². The van der Waals surface area contributed by atoms with E-state index in [4.69, 9.17) is 9.52 Å². The summed E-state index contributed by atoms with van der Waals surface area (Å²) in [5.41, 5.74) is 0. The average Bonchev–Trinajstić information content (AvgIpc) is 2.41. The van der Waals surface area contributed by atoms with Gasteiger partial charge in [0.15, 0.2) is 0 Å². The maximum Gasteiger partial charge on any atom is 0.103 e. The minimum absolute atomic E-state index is 0.278. The van der Waals surface area contributed by atoms with Crippen molar-refractivity contribution in [1.82, 2.24) is 0 Å². The highest BCUT2D eigenvalue weighted by atomic mass is 16.3. The van der Waals surface area contributed by atoms with Gasteiger partial charge in [0.25, 0.3) is 0 Å². The molecule has 0 aliphatic heterocycles. The monoisotopic (exact) mass is 140 g/mol. The molecule has 2 heteroatoms. The Morgan fingerprint density at radius 3 is 2.90 bits per heavy atom. The third kappa shape index (κ3) is 2.23. The van der Waals surface area contributed by atoms with Gasteiger partial charge in [-0.1, -0.05) is 0 Å². The molecular weight excluding hydrogens is 128 g/mol. The molecule has 1 rings (SSSR count).